The highest BCUT2D eigenvalue weighted by Crippen LogP contribution is 2.35. The molecule has 15 heavy (non-hydrogen) atoms. The summed E-state index contributed by atoms with van der Waals surface area (Å²) in [6.45, 7) is 8.55. The smallest absolute Gasteiger partial charge is 0.303 e. The SMILES string of the molecule is CC(C)(CCBr)CCC(C)(C)CC(=O)O. The summed E-state index contributed by atoms with van der Waals surface area (Å²) in [5, 5.41) is 9.79. The van der Waals surface area contributed by atoms with Gasteiger partial charge in [-0.25, -0.2) is 0 Å². The lowest BCUT2D eigenvalue weighted by Gasteiger charge is -2.29. The minimum absolute atomic E-state index is 0.0879. The molecule has 0 aromatic rings. The van der Waals surface area contributed by atoms with Crippen molar-refractivity contribution in [2.45, 2.75) is 53.4 Å². The standard InChI is InChI=1S/C12H23BrO2/c1-11(2,7-8-13)5-6-12(3,4)9-10(14)15/h5-9H2,1-4H3,(H,14,15). The van der Waals surface area contributed by atoms with Crippen LogP contribution < -0.4 is 0 Å². The van der Waals surface area contributed by atoms with Crippen LogP contribution in [0.3, 0.4) is 0 Å². The molecule has 0 heterocycles. The molecule has 0 aliphatic heterocycles. The zero-order valence-corrected chi connectivity index (χ0v) is 11.9. The summed E-state index contributed by atoms with van der Waals surface area (Å²) in [4.78, 5) is 10.7. The fourth-order valence-electron chi connectivity index (χ4n) is 1.56. The molecule has 0 rings (SSSR count). The Morgan fingerprint density at radius 3 is 1.93 bits per heavy atom. The lowest BCUT2D eigenvalue weighted by atomic mass is 9.76. The number of hydrogen-bond donors (Lipinski definition) is 1. The van der Waals surface area contributed by atoms with Gasteiger partial charge in [0.1, 0.15) is 0 Å². The first kappa shape index (κ1) is 14.9. The van der Waals surface area contributed by atoms with Gasteiger partial charge in [0.25, 0.3) is 0 Å². The zero-order chi connectivity index (χ0) is 12.1. The van der Waals surface area contributed by atoms with Gasteiger partial charge in [0.15, 0.2) is 0 Å². The largest absolute Gasteiger partial charge is 0.481 e. The van der Waals surface area contributed by atoms with Crippen molar-refractivity contribution < 1.29 is 9.90 Å². The first-order chi connectivity index (χ1) is 6.68. The van der Waals surface area contributed by atoms with Crippen molar-refractivity contribution in [2.75, 3.05) is 5.33 Å². The molecule has 0 aromatic carbocycles. The molecule has 0 atom stereocenters. The van der Waals surface area contributed by atoms with E-state index in [9.17, 15) is 4.79 Å². The quantitative estimate of drug-likeness (QED) is 0.713. The molecular weight excluding hydrogens is 256 g/mol. The van der Waals surface area contributed by atoms with Gasteiger partial charge in [0, 0.05) is 5.33 Å². The summed E-state index contributed by atoms with van der Waals surface area (Å²) in [5.74, 6) is -0.696. The second-order valence-corrected chi connectivity index (χ2v) is 6.63. The van der Waals surface area contributed by atoms with Crippen molar-refractivity contribution in [1.29, 1.82) is 0 Å². The molecule has 0 aliphatic carbocycles. The van der Waals surface area contributed by atoms with Gasteiger partial charge in [-0.2, -0.15) is 0 Å². The molecular formula is C12H23BrO2. The highest BCUT2D eigenvalue weighted by Gasteiger charge is 2.25. The van der Waals surface area contributed by atoms with Crippen LogP contribution in [0.15, 0.2) is 0 Å². The van der Waals surface area contributed by atoms with Crippen molar-refractivity contribution in [1.82, 2.24) is 0 Å². The highest BCUT2D eigenvalue weighted by atomic mass is 79.9. The van der Waals surface area contributed by atoms with Crippen molar-refractivity contribution in [3.8, 4) is 0 Å². The Morgan fingerprint density at radius 1 is 1.07 bits per heavy atom. The molecule has 0 aromatic heterocycles. The average molecular weight is 279 g/mol. The molecule has 2 nitrogen and oxygen atoms in total. The third kappa shape index (κ3) is 7.83. The van der Waals surface area contributed by atoms with E-state index in [1.54, 1.807) is 0 Å². The molecule has 0 aliphatic rings. The van der Waals surface area contributed by atoms with Gasteiger partial charge in [0.05, 0.1) is 6.42 Å². The minimum atomic E-state index is -0.696. The lowest BCUT2D eigenvalue weighted by molar-refractivity contribution is -0.139. The number of hydrogen-bond acceptors (Lipinski definition) is 1. The van der Waals surface area contributed by atoms with E-state index >= 15 is 0 Å². The number of aliphatic carboxylic acids is 1. The van der Waals surface area contributed by atoms with E-state index in [-0.39, 0.29) is 11.8 Å². The second kappa shape index (κ2) is 5.88. The van der Waals surface area contributed by atoms with Crippen LogP contribution in [0, 0.1) is 10.8 Å². The molecule has 0 unspecified atom stereocenters. The van der Waals surface area contributed by atoms with E-state index in [2.05, 4.69) is 29.8 Å². The molecule has 0 spiro atoms. The highest BCUT2D eigenvalue weighted by molar-refractivity contribution is 9.09. The number of carbonyl (C=O) groups is 1. The first-order valence-corrected chi connectivity index (χ1v) is 6.58. The van der Waals surface area contributed by atoms with E-state index in [0.717, 1.165) is 24.6 Å². The summed E-state index contributed by atoms with van der Waals surface area (Å²) in [6.07, 6.45) is 3.45. The Morgan fingerprint density at radius 2 is 1.53 bits per heavy atom. The topological polar surface area (TPSA) is 37.3 Å². The molecule has 0 amide bonds. The van der Waals surface area contributed by atoms with Crippen LogP contribution in [0.2, 0.25) is 0 Å². The first-order valence-electron chi connectivity index (χ1n) is 5.46. The van der Waals surface area contributed by atoms with E-state index in [4.69, 9.17) is 5.11 Å². The van der Waals surface area contributed by atoms with Gasteiger partial charge in [-0.05, 0) is 30.1 Å². The summed E-state index contributed by atoms with van der Waals surface area (Å²) in [6, 6.07) is 0. The average Bonchev–Trinajstić information content (AvgIpc) is 1.99. The number of alkyl halides is 1. The predicted octanol–water partition coefficient (Wildman–Crippen LogP) is 4.08. The van der Waals surface area contributed by atoms with Gasteiger partial charge in [-0.1, -0.05) is 43.6 Å². The van der Waals surface area contributed by atoms with Gasteiger partial charge >= 0.3 is 5.97 Å². The van der Waals surface area contributed by atoms with Crippen LogP contribution in [-0.2, 0) is 4.79 Å². The van der Waals surface area contributed by atoms with Gasteiger partial charge in [-0.3, -0.25) is 4.79 Å². The number of carboxylic acids is 1. The molecule has 3 heteroatoms. The summed E-state index contributed by atoms with van der Waals surface area (Å²) < 4.78 is 0. The Hall–Kier alpha value is -0.0500. The van der Waals surface area contributed by atoms with Crippen molar-refractivity contribution >= 4 is 21.9 Å². The minimum Gasteiger partial charge on any atom is -0.481 e. The Bertz CT molecular complexity index is 210. The van der Waals surface area contributed by atoms with Crippen molar-refractivity contribution in [3.05, 3.63) is 0 Å². The summed E-state index contributed by atoms with van der Waals surface area (Å²) >= 11 is 3.45. The van der Waals surface area contributed by atoms with E-state index in [1.807, 2.05) is 13.8 Å². The van der Waals surface area contributed by atoms with Crippen molar-refractivity contribution in [2.24, 2.45) is 10.8 Å². The molecule has 0 fully saturated rings. The lowest BCUT2D eigenvalue weighted by Crippen LogP contribution is -2.21. The van der Waals surface area contributed by atoms with Gasteiger partial charge in [-0.15, -0.1) is 0 Å². The van der Waals surface area contributed by atoms with Crippen LogP contribution in [0.25, 0.3) is 0 Å². The monoisotopic (exact) mass is 278 g/mol. The molecule has 0 bridgehead atoms. The normalized spacial score (nSPS) is 12.9. The Balaban J connectivity index is 4.07. The second-order valence-electron chi connectivity index (χ2n) is 5.84. The van der Waals surface area contributed by atoms with Crippen molar-refractivity contribution in [3.63, 3.8) is 0 Å². The fourth-order valence-corrected chi connectivity index (χ4v) is 2.63. The fraction of sp³-hybridized carbons (Fsp3) is 0.917. The van der Waals surface area contributed by atoms with E-state index < -0.39 is 5.97 Å². The molecule has 0 saturated carbocycles. The van der Waals surface area contributed by atoms with Gasteiger partial charge in [0.2, 0.25) is 0 Å². The predicted molar refractivity (Wildman–Crippen MR) is 67.5 cm³/mol. The number of carboxylic acid groups (broad SMARTS) is 1. The van der Waals surface area contributed by atoms with Crippen LogP contribution in [0.4, 0.5) is 0 Å². The van der Waals surface area contributed by atoms with E-state index in [1.165, 1.54) is 0 Å². The van der Waals surface area contributed by atoms with Gasteiger partial charge < -0.3 is 5.11 Å². The summed E-state index contributed by atoms with van der Waals surface area (Å²) in [7, 11) is 0. The molecule has 1 N–H and O–H groups in total. The molecule has 90 valence electrons. The number of halogens is 1. The summed E-state index contributed by atoms with van der Waals surface area (Å²) in [5.41, 5.74) is 0.217. The maximum absolute atomic E-state index is 10.7. The van der Waals surface area contributed by atoms with Crippen LogP contribution in [0.5, 0.6) is 0 Å². The third-order valence-electron chi connectivity index (χ3n) is 2.88. The van der Waals surface area contributed by atoms with Crippen LogP contribution in [-0.4, -0.2) is 16.4 Å². The zero-order valence-electron chi connectivity index (χ0n) is 10.3. The Kier molecular flexibility index (Phi) is 5.86. The maximum Gasteiger partial charge on any atom is 0.303 e. The van der Waals surface area contributed by atoms with E-state index in [0.29, 0.717) is 5.41 Å². The maximum atomic E-state index is 10.7. The van der Waals surface area contributed by atoms with Crippen LogP contribution in [0.1, 0.15) is 53.4 Å². The molecule has 0 saturated heterocycles. The number of rotatable bonds is 7. The third-order valence-corrected chi connectivity index (χ3v) is 3.28. The molecule has 0 radical (unpaired) electrons. The van der Waals surface area contributed by atoms with Crippen LogP contribution >= 0.6 is 15.9 Å². The Labute approximate surface area is 102 Å².